The highest BCUT2D eigenvalue weighted by molar-refractivity contribution is 5.94. The van der Waals surface area contributed by atoms with Crippen molar-refractivity contribution in [3.05, 3.63) is 35.4 Å². The summed E-state index contributed by atoms with van der Waals surface area (Å²) in [4.78, 5) is 15.9. The third-order valence-electron chi connectivity index (χ3n) is 3.95. The summed E-state index contributed by atoms with van der Waals surface area (Å²) >= 11 is 0. The second kappa shape index (κ2) is 10.7. The van der Waals surface area contributed by atoms with Gasteiger partial charge in [-0.2, -0.15) is 0 Å². The Hall–Kier alpha value is -2.12. The zero-order valence-corrected chi connectivity index (χ0v) is 15.0. The third kappa shape index (κ3) is 6.72. The van der Waals surface area contributed by atoms with Gasteiger partial charge in [-0.25, -0.2) is 0 Å². The fraction of sp³-hybridized carbons (Fsp3) is 0.556. The van der Waals surface area contributed by atoms with E-state index in [0.717, 1.165) is 37.5 Å². The smallest absolute Gasteiger partial charge is 0.251 e. The lowest BCUT2D eigenvalue weighted by atomic mass is 10.1. The second-order valence-electron chi connectivity index (χ2n) is 5.84. The van der Waals surface area contributed by atoms with Crippen LogP contribution >= 0.6 is 0 Å². The summed E-state index contributed by atoms with van der Waals surface area (Å²) in [5.74, 6) is 0.645. The van der Waals surface area contributed by atoms with Crippen LogP contribution in [-0.4, -0.2) is 58.4 Å². The number of hydrogen-bond donors (Lipinski definition) is 3. The fourth-order valence-electron chi connectivity index (χ4n) is 2.55. The number of aliphatic imine (C=N–C) groups is 1. The normalized spacial score (nSPS) is 17.4. The molecule has 1 saturated heterocycles. The number of carbonyl (C=O) groups excluding carboxylic acids is 1. The monoisotopic (exact) mass is 348 g/mol. The van der Waals surface area contributed by atoms with E-state index in [1.54, 1.807) is 20.2 Å². The summed E-state index contributed by atoms with van der Waals surface area (Å²) in [5, 5.41) is 9.14. The van der Waals surface area contributed by atoms with Crippen molar-refractivity contribution >= 4 is 11.9 Å². The maximum Gasteiger partial charge on any atom is 0.251 e. The highest BCUT2D eigenvalue weighted by atomic mass is 16.5. The molecule has 1 amide bonds. The summed E-state index contributed by atoms with van der Waals surface area (Å²) in [6.45, 7) is 3.62. The van der Waals surface area contributed by atoms with Gasteiger partial charge in [0.25, 0.3) is 5.91 Å². The van der Waals surface area contributed by atoms with Crippen molar-refractivity contribution < 1.29 is 14.3 Å². The molecular weight excluding hydrogens is 320 g/mol. The summed E-state index contributed by atoms with van der Waals surface area (Å²) in [6, 6.07) is 7.52. The Morgan fingerprint density at radius 1 is 1.40 bits per heavy atom. The Morgan fingerprint density at radius 3 is 3.00 bits per heavy atom. The maximum atomic E-state index is 11.7. The van der Waals surface area contributed by atoms with E-state index in [4.69, 9.17) is 9.47 Å². The molecule has 1 aromatic rings. The van der Waals surface area contributed by atoms with Gasteiger partial charge in [0.05, 0.1) is 12.7 Å². The van der Waals surface area contributed by atoms with Gasteiger partial charge in [-0.05, 0) is 30.5 Å². The molecule has 1 aliphatic rings. The predicted molar refractivity (Wildman–Crippen MR) is 97.8 cm³/mol. The minimum atomic E-state index is -0.0861. The Morgan fingerprint density at radius 2 is 2.28 bits per heavy atom. The Balaban J connectivity index is 1.66. The van der Waals surface area contributed by atoms with Gasteiger partial charge >= 0.3 is 0 Å². The number of amides is 1. The number of rotatable bonds is 8. The van der Waals surface area contributed by atoms with Crippen LogP contribution in [0.25, 0.3) is 0 Å². The van der Waals surface area contributed by atoms with Gasteiger partial charge in [0.15, 0.2) is 5.96 Å². The summed E-state index contributed by atoms with van der Waals surface area (Å²) in [6.07, 6.45) is 2.15. The van der Waals surface area contributed by atoms with Crippen LogP contribution in [0.4, 0.5) is 0 Å². The van der Waals surface area contributed by atoms with Crippen LogP contribution in [0.3, 0.4) is 0 Å². The molecule has 0 spiro atoms. The second-order valence-corrected chi connectivity index (χ2v) is 5.84. The van der Waals surface area contributed by atoms with Crippen LogP contribution in [0.1, 0.15) is 28.8 Å². The van der Waals surface area contributed by atoms with Gasteiger partial charge in [-0.3, -0.25) is 9.79 Å². The van der Waals surface area contributed by atoms with Crippen LogP contribution in [-0.2, 0) is 16.0 Å². The molecule has 138 valence electrons. The molecule has 1 aliphatic heterocycles. The van der Waals surface area contributed by atoms with Crippen molar-refractivity contribution in [1.29, 1.82) is 0 Å². The van der Waals surface area contributed by atoms with E-state index in [1.807, 2.05) is 18.2 Å². The largest absolute Gasteiger partial charge is 0.379 e. The molecule has 7 nitrogen and oxygen atoms in total. The third-order valence-corrected chi connectivity index (χ3v) is 3.95. The number of guanidine groups is 1. The molecule has 0 aromatic heterocycles. The fourth-order valence-corrected chi connectivity index (χ4v) is 2.55. The average Bonchev–Trinajstić information content (AvgIpc) is 3.17. The minimum Gasteiger partial charge on any atom is -0.379 e. The van der Waals surface area contributed by atoms with E-state index in [1.165, 1.54) is 0 Å². The van der Waals surface area contributed by atoms with Gasteiger partial charge in [0.2, 0.25) is 0 Å². The van der Waals surface area contributed by atoms with E-state index in [0.29, 0.717) is 25.3 Å². The van der Waals surface area contributed by atoms with Crippen molar-refractivity contribution in [2.45, 2.75) is 25.5 Å². The molecule has 0 bridgehead atoms. The van der Waals surface area contributed by atoms with Crippen molar-refractivity contribution in [3.63, 3.8) is 0 Å². The molecule has 0 radical (unpaired) electrons. The Kier molecular flexibility index (Phi) is 8.21. The van der Waals surface area contributed by atoms with Crippen LogP contribution < -0.4 is 16.0 Å². The van der Waals surface area contributed by atoms with Crippen LogP contribution in [0.2, 0.25) is 0 Å². The number of benzene rings is 1. The highest BCUT2D eigenvalue weighted by Crippen LogP contribution is 2.08. The van der Waals surface area contributed by atoms with Gasteiger partial charge in [0, 0.05) is 46.0 Å². The van der Waals surface area contributed by atoms with E-state index >= 15 is 0 Å². The summed E-state index contributed by atoms with van der Waals surface area (Å²) in [5.41, 5.74) is 1.67. The highest BCUT2D eigenvalue weighted by Gasteiger charge is 2.15. The Labute approximate surface area is 149 Å². The van der Waals surface area contributed by atoms with E-state index in [-0.39, 0.29) is 12.0 Å². The van der Waals surface area contributed by atoms with Gasteiger partial charge in [0.1, 0.15) is 0 Å². The molecule has 7 heteroatoms. The minimum absolute atomic E-state index is 0.0861. The standard InChI is InChI=1S/C18H28N4O3/c1-19-17(23)15-6-3-5-14(11-15)12-22-18(20-2)21-8-4-9-25-16-7-10-24-13-16/h3,5-6,11,16H,4,7-10,12-13H2,1-2H3,(H,19,23)(H2,20,21,22). The maximum absolute atomic E-state index is 11.7. The lowest BCUT2D eigenvalue weighted by molar-refractivity contribution is 0.0420. The van der Waals surface area contributed by atoms with Crippen LogP contribution in [0, 0.1) is 0 Å². The first-order chi connectivity index (χ1) is 12.2. The number of carbonyl (C=O) groups is 1. The number of ether oxygens (including phenoxy) is 2. The molecule has 0 aliphatic carbocycles. The first-order valence-corrected chi connectivity index (χ1v) is 8.68. The molecule has 1 unspecified atom stereocenters. The van der Waals surface area contributed by atoms with Crippen LogP contribution in [0.15, 0.2) is 29.3 Å². The molecule has 3 N–H and O–H groups in total. The van der Waals surface area contributed by atoms with Crippen molar-refractivity contribution in [1.82, 2.24) is 16.0 Å². The molecule has 1 atom stereocenters. The zero-order chi connectivity index (χ0) is 17.9. The molecule has 25 heavy (non-hydrogen) atoms. The number of nitrogens with one attached hydrogen (secondary N) is 3. The van der Waals surface area contributed by atoms with E-state index in [2.05, 4.69) is 20.9 Å². The van der Waals surface area contributed by atoms with Crippen molar-refractivity contribution in [3.8, 4) is 0 Å². The van der Waals surface area contributed by atoms with Crippen molar-refractivity contribution in [2.24, 2.45) is 4.99 Å². The van der Waals surface area contributed by atoms with Gasteiger partial charge in [-0.15, -0.1) is 0 Å². The SMILES string of the molecule is CN=C(NCCCOC1CCOC1)NCc1cccc(C(=O)NC)c1. The topological polar surface area (TPSA) is 84.0 Å². The van der Waals surface area contributed by atoms with Gasteiger partial charge < -0.3 is 25.4 Å². The van der Waals surface area contributed by atoms with Crippen LogP contribution in [0.5, 0.6) is 0 Å². The number of hydrogen-bond acceptors (Lipinski definition) is 4. The average molecular weight is 348 g/mol. The number of nitrogens with zero attached hydrogens (tertiary/aromatic N) is 1. The molecular formula is C18H28N4O3. The molecule has 1 aromatic carbocycles. The quantitative estimate of drug-likeness (QED) is 0.369. The van der Waals surface area contributed by atoms with E-state index in [9.17, 15) is 4.79 Å². The lowest BCUT2D eigenvalue weighted by Gasteiger charge is -2.13. The lowest BCUT2D eigenvalue weighted by Crippen LogP contribution is -2.37. The first-order valence-electron chi connectivity index (χ1n) is 8.68. The molecule has 1 heterocycles. The van der Waals surface area contributed by atoms with Crippen molar-refractivity contribution in [2.75, 3.05) is 40.5 Å². The zero-order valence-electron chi connectivity index (χ0n) is 15.0. The molecule has 1 fully saturated rings. The summed E-state index contributed by atoms with van der Waals surface area (Å²) < 4.78 is 11.0. The van der Waals surface area contributed by atoms with Gasteiger partial charge in [-0.1, -0.05) is 12.1 Å². The molecule has 2 rings (SSSR count). The first kappa shape index (κ1) is 19.2. The Bertz CT molecular complexity index is 571. The van der Waals surface area contributed by atoms with E-state index < -0.39 is 0 Å². The molecule has 0 saturated carbocycles. The summed E-state index contributed by atoms with van der Waals surface area (Å²) in [7, 11) is 3.37. The predicted octanol–water partition coefficient (Wildman–Crippen LogP) is 0.907.